The summed E-state index contributed by atoms with van der Waals surface area (Å²) in [5.41, 5.74) is 3.00. The fraction of sp³-hybridized carbons (Fsp3) is 0.154. The largest absolute Gasteiger partial charge is 0.508 e. The van der Waals surface area contributed by atoms with Gasteiger partial charge in [0.2, 0.25) is 0 Å². The van der Waals surface area contributed by atoms with Crippen LogP contribution in [0.15, 0.2) is 29.6 Å². The predicted molar refractivity (Wildman–Crippen MR) is 78.2 cm³/mol. The van der Waals surface area contributed by atoms with Crippen molar-refractivity contribution in [1.82, 2.24) is 9.38 Å². The third kappa shape index (κ3) is 2.27. The Labute approximate surface area is 119 Å². The van der Waals surface area contributed by atoms with Gasteiger partial charge >= 0.3 is 0 Å². The Bertz CT molecular complexity index is 717. The van der Waals surface area contributed by atoms with Crippen LogP contribution >= 0.6 is 22.9 Å². The molecular weight excluding hydrogens is 282 g/mol. The van der Waals surface area contributed by atoms with Gasteiger partial charge in [-0.15, -0.1) is 11.3 Å². The van der Waals surface area contributed by atoms with E-state index in [9.17, 15) is 5.11 Å². The fourth-order valence-electron chi connectivity index (χ4n) is 1.96. The molecule has 2 heterocycles. The van der Waals surface area contributed by atoms with E-state index in [-0.39, 0.29) is 5.75 Å². The Hall–Kier alpha value is -1.72. The minimum absolute atomic E-state index is 0.254. The number of nitrogens with zero attached hydrogens (tertiary/aromatic N) is 2. The van der Waals surface area contributed by atoms with E-state index in [4.69, 9.17) is 11.6 Å². The highest BCUT2D eigenvalue weighted by Crippen LogP contribution is 2.25. The van der Waals surface area contributed by atoms with Gasteiger partial charge in [-0.05, 0) is 31.2 Å². The molecule has 0 radical (unpaired) electrons. The molecule has 0 bridgehead atoms. The number of benzene rings is 1. The third-order valence-corrected chi connectivity index (χ3v) is 4.15. The number of nitrogens with one attached hydrogen (secondary N) is 1. The second-order valence-corrected chi connectivity index (χ2v) is 5.44. The van der Waals surface area contributed by atoms with Crippen molar-refractivity contribution >= 4 is 33.6 Å². The molecule has 98 valence electrons. The lowest BCUT2D eigenvalue weighted by atomic mass is 10.3. The first-order chi connectivity index (χ1) is 9.15. The Morgan fingerprint density at radius 2 is 2.11 bits per heavy atom. The summed E-state index contributed by atoms with van der Waals surface area (Å²) < 4.78 is 2.06. The zero-order valence-electron chi connectivity index (χ0n) is 10.2. The number of hydrogen-bond acceptors (Lipinski definition) is 4. The zero-order valence-corrected chi connectivity index (χ0v) is 11.8. The average Bonchev–Trinajstić information content (AvgIpc) is 2.89. The van der Waals surface area contributed by atoms with Crippen LogP contribution in [0.2, 0.25) is 5.15 Å². The minimum atomic E-state index is 0.254. The molecule has 1 aromatic carbocycles. The van der Waals surface area contributed by atoms with Crippen molar-refractivity contribution in [3.8, 4) is 5.75 Å². The van der Waals surface area contributed by atoms with Crippen LogP contribution in [0.4, 0.5) is 5.69 Å². The van der Waals surface area contributed by atoms with E-state index in [1.165, 1.54) is 0 Å². The van der Waals surface area contributed by atoms with Crippen LogP contribution < -0.4 is 5.32 Å². The standard InChI is InChI=1S/C13H12ClN3OS/c1-8-7-19-13-16-12(14)11(17(8)13)6-15-9-2-4-10(18)5-3-9/h2-5,7,15,18H,6H2,1H3. The number of aromatic hydroxyl groups is 1. The number of halogens is 1. The highest BCUT2D eigenvalue weighted by Gasteiger charge is 2.13. The Morgan fingerprint density at radius 1 is 1.37 bits per heavy atom. The van der Waals surface area contributed by atoms with Crippen molar-refractivity contribution in [3.63, 3.8) is 0 Å². The van der Waals surface area contributed by atoms with Gasteiger partial charge in [0, 0.05) is 16.8 Å². The molecule has 2 aromatic heterocycles. The number of aromatic nitrogens is 2. The van der Waals surface area contributed by atoms with Gasteiger partial charge in [-0.3, -0.25) is 4.40 Å². The first-order valence-electron chi connectivity index (χ1n) is 5.79. The van der Waals surface area contributed by atoms with E-state index in [1.807, 2.05) is 19.1 Å². The van der Waals surface area contributed by atoms with Crippen LogP contribution in [0.1, 0.15) is 11.4 Å². The third-order valence-electron chi connectivity index (χ3n) is 2.91. The Kier molecular flexibility index (Phi) is 3.08. The lowest BCUT2D eigenvalue weighted by Crippen LogP contribution is -2.03. The monoisotopic (exact) mass is 293 g/mol. The van der Waals surface area contributed by atoms with E-state index in [2.05, 4.69) is 20.1 Å². The lowest BCUT2D eigenvalue weighted by Gasteiger charge is -2.07. The molecule has 0 aliphatic rings. The smallest absolute Gasteiger partial charge is 0.195 e. The molecule has 3 aromatic rings. The predicted octanol–water partition coefficient (Wildman–Crippen LogP) is 3.68. The van der Waals surface area contributed by atoms with Gasteiger partial charge in [0.1, 0.15) is 5.75 Å². The van der Waals surface area contributed by atoms with E-state index in [1.54, 1.807) is 23.5 Å². The molecule has 19 heavy (non-hydrogen) atoms. The molecule has 0 saturated heterocycles. The molecule has 0 aliphatic heterocycles. The first-order valence-corrected chi connectivity index (χ1v) is 7.05. The number of hydrogen-bond donors (Lipinski definition) is 2. The van der Waals surface area contributed by atoms with Gasteiger partial charge in [-0.1, -0.05) is 11.6 Å². The average molecular weight is 294 g/mol. The second-order valence-electron chi connectivity index (χ2n) is 4.24. The number of rotatable bonds is 3. The van der Waals surface area contributed by atoms with Crippen LogP contribution in [0.3, 0.4) is 0 Å². The van der Waals surface area contributed by atoms with Crippen molar-refractivity contribution in [2.45, 2.75) is 13.5 Å². The van der Waals surface area contributed by atoms with Crippen molar-refractivity contribution in [2.24, 2.45) is 0 Å². The van der Waals surface area contributed by atoms with Gasteiger partial charge in [0.25, 0.3) is 0 Å². The minimum Gasteiger partial charge on any atom is -0.508 e. The van der Waals surface area contributed by atoms with E-state index < -0.39 is 0 Å². The SMILES string of the molecule is Cc1csc2nc(Cl)c(CNc3ccc(O)cc3)n12. The van der Waals surface area contributed by atoms with Gasteiger partial charge < -0.3 is 10.4 Å². The van der Waals surface area contributed by atoms with Crippen LogP contribution in [0.5, 0.6) is 5.75 Å². The lowest BCUT2D eigenvalue weighted by molar-refractivity contribution is 0.475. The van der Waals surface area contributed by atoms with E-state index in [0.717, 1.165) is 22.0 Å². The summed E-state index contributed by atoms with van der Waals surface area (Å²) in [4.78, 5) is 5.23. The Morgan fingerprint density at radius 3 is 2.84 bits per heavy atom. The molecule has 0 unspecified atom stereocenters. The summed E-state index contributed by atoms with van der Waals surface area (Å²) in [7, 11) is 0. The van der Waals surface area contributed by atoms with E-state index >= 15 is 0 Å². The van der Waals surface area contributed by atoms with Gasteiger partial charge in [0.05, 0.1) is 12.2 Å². The van der Waals surface area contributed by atoms with Crippen molar-refractivity contribution in [3.05, 3.63) is 46.2 Å². The number of thiazole rings is 1. The summed E-state index contributed by atoms with van der Waals surface area (Å²) in [6.07, 6.45) is 0. The summed E-state index contributed by atoms with van der Waals surface area (Å²) in [6.45, 7) is 2.62. The van der Waals surface area contributed by atoms with Crippen LogP contribution in [0, 0.1) is 6.92 Å². The first kappa shape index (κ1) is 12.3. The normalized spacial score (nSPS) is 11.1. The fourth-order valence-corrected chi connectivity index (χ4v) is 3.12. The van der Waals surface area contributed by atoms with Crippen molar-refractivity contribution < 1.29 is 5.11 Å². The Balaban J connectivity index is 1.87. The molecule has 0 saturated carbocycles. The second kappa shape index (κ2) is 4.75. The summed E-state index contributed by atoms with van der Waals surface area (Å²) in [5.74, 6) is 0.254. The summed E-state index contributed by atoms with van der Waals surface area (Å²) >= 11 is 7.75. The van der Waals surface area contributed by atoms with E-state index in [0.29, 0.717) is 11.7 Å². The number of phenols is 1. The molecule has 0 atom stereocenters. The topological polar surface area (TPSA) is 49.6 Å². The maximum atomic E-state index is 9.24. The van der Waals surface area contributed by atoms with Crippen LogP contribution in [-0.4, -0.2) is 14.5 Å². The summed E-state index contributed by atoms with van der Waals surface area (Å²) in [6, 6.07) is 6.93. The number of anilines is 1. The molecule has 0 amide bonds. The highest BCUT2D eigenvalue weighted by atomic mass is 35.5. The quantitative estimate of drug-likeness (QED) is 0.724. The molecule has 3 rings (SSSR count). The molecule has 6 heteroatoms. The molecule has 0 spiro atoms. The number of fused-ring (bicyclic) bond motifs is 1. The number of imidazole rings is 1. The summed E-state index contributed by atoms with van der Waals surface area (Å²) in [5, 5.41) is 15.1. The van der Waals surface area contributed by atoms with Crippen molar-refractivity contribution in [2.75, 3.05) is 5.32 Å². The maximum Gasteiger partial charge on any atom is 0.195 e. The van der Waals surface area contributed by atoms with Gasteiger partial charge in [0.15, 0.2) is 10.1 Å². The molecule has 2 N–H and O–H groups in total. The highest BCUT2D eigenvalue weighted by molar-refractivity contribution is 7.15. The van der Waals surface area contributed by atoms with Crippen LogP contribution in [-0.2, 0) is 6.54 Å². The van der Waals surface area contributed by atoms with Gasteiger partial charge in [-0.25, -0.2) is 4.98 Å². The molecule has 4 nitrogen and oxygen atoms in total. The maximum absolute atomic E-state index is 9.24. The van der Waals surface area contributed by atoms with Crippen molar-refractivity contribution in [1.29, 1.82) is 0 Å². The zero-order chi connectivity index (χ0) is 13.4. The van der Waals surface area contributed by atoms with Crippen LogP contribution in [0.25, 0.3) is 4.96 Å². The van der Waals surface area contributed by atoms with Gasteiger partial charge in [-0.2, -0.15) is 0 Å². The number of aryl methyl sites for hydroxylation is 1. The molecular formula is C13H12ClN3OS. The molecule has 0 fully saturated rings. The number of phenolic OH excluding ortho intramolecular Hbond substituents is 1. The molecule has 0 aliphatic carbocycles.